The molecule has 0 saturated heterocycles. The monoisotopic (exact) mass is 262 g/mol. The zero-order valence-electron chi connectivity index (χ0n) is 12.4. The molecule has 1 aliphatic heterocycles. The molecule has 1 heterocycles. The van der Waals surface area contributed by atoms with E-state index in [0.29, 0.717) is 0 Å². The Morgan fingerprint density at radius 1 is 1.26 bits per heavy atom. The van der Waals surface area contributed by atoms with Gasteiger partial charge in [0.15, 0.2) is 0 Å². The Kier molecular flexibility index (Phi) is 4.83. The predicted molar refractivity (Wildman–Crippen MR) is 79.6 cm³/mol. The van der Waals surface area contributed by atoms with Gasteiger partial charge in [-0.15, -0.1) is 0 Å². The Labute approximate surface area is 116 Å². The molecule has 0 amide bonds. The predicted octanol–water partition coefficient (Wildman–Crippen LogP) is 2.66. The number of para-hydroxylation sites is 1. The third-order valence-corrected chi connectivity index (χ3v) is 3.34. The molecule has 1 aromatic rings. The van der Waals surface area contributed by atoms with Crippen molar-refractivity contribution in [3.05, 3.63) is 29.8 Å². The second-order valence-electron chi connectivity index (χ2n) is 6.26. The van der Waals surface area contributed by atoms with Crippen molar-refractivity contribution in [2.45, 2.75) is 39.3 Å². The van der Waals surface area contributed by atoms with Crippen LogP contribution in [0.1, 0.15) is 32.8 Å². The van der Waals surface area contributed by atoms with Gasteiger partial charge in [-0.05, 0) is 46.3 Å². The van der Waals surface area contributed by atoms with Gasteiger partial charge in [0, 0.05) is 24.2 Å². The van der Waals surface area contributed by atoms with Gasteiger partial charge in [0.25, 0.3) is 0 Å². The van der Waals surface area contributed by atoms with Crippen molar-refractivity contribution in [3.8, 4) is 5.75 Å². The van der Waals surface area contributed by atoms with Crippen LogP contribution in [0.15, 0.2) is 24.3 Å². The van der Waals surface area contributed by atoms with Crippen LogP contribution in [0, 0.1) is 0 Å². The Morgan fingerprint density at radius 2 is 2.05 bits per heavy atom. The van der Waals surface area contributed by atoms with Crippen molar-refractivity contribution >= 4 is 0 Å². The Hall–Kier alpha value is -1.06. The standard InChI is InChI=1S/C16H26N2O/c1-16(2,3)17-9-6-10-18-11-12-19-15-8-5-4-7-14(15)13-18/h4-5,7-8,17H,6,9-13H2,1-3H3. The highest BCUT2D eigenvalue weighted by Crippen LogP contribution is 2.22. The maximum atomic E-state index is 5.78. The van der Waals surface area contributed by atoms with Crippen LogP contribution in [0.4, 0.5) is 0 Å². The summed E-state index contributed by atoms with van der Waals surface area (Å²) in [7, 11) is 0. The number of hydrogen-bond donors (Lipinski definition) is 1. The summed E-state index contributed by atoms with van der Waals surface area (Å²) in [6.45, 7) is 11.7. The van der Waals surface area contributed by atoms with E-state index in [1.807, 2.05) is 6.07 Å². The van der Waals surface area contributed by atoms with Gasteiger partial charge in [-0.2, -0.15) is 0 Å². The summed E-state index contributed by atoms with van der Waals surface area (Å²) in [6, 6.07) is 8.37. The fraction of sp³-hybridized carbons (Fsp3) is 0.625. The highest BCUT2D eigenvalue weighted by molar-refractivity contribution is 5.33. The van der Waals surface area contributed by atoms with Crippen LogP contribution in [0.3, 0.4) is 0 Å². The van der Waals surface area contributed by atoms with E-state index in [1.165, 1.54) is 12.0 Å². The van der Waals surface area contributed by atoms with E-state index in [-0.39, 0.29) is 5.54 Å². The quantitative estimate of drug-likeness (QED) is 0.844. The van der Waals surface area contributed by atoms with E-state index in [9.17, 15) is 0 Å². The molecule has 3 heteroatoms. The first-order valence-corrected chi connectivity index (χ1v) is 7.23. The molecule has 0 atom stereocenters. The molecule has 0 fully saturated rings. The van der Waals surface area contributed by atoms with Crippen molar-refractivity contribution in [2.24, 2.45) is 0 Å². The van der Waals surface area contributed by atoms with E-state index < -0.39 is 0 Å². The lowest BCUT2D eigenvalue weighted by atomic mass is 10.1. The van der Waals surface area contributed by atoms with Crippen molar-refractivity contribution < 1.29 is 4.74 Å². The first-order chi connectivity index (χ1) is 9.04. The van der Waals surface area contributed by atoms with Crippen LogP contribution in [0.2, 0.25) is 0 Å². The summed E-state index contributed by atoms with van der Waals surface area (Å²) in [5, 5.41) is 3.54. The average molecular weight is 262 g/mol. The van der Waals surface area contributed by atoms with Crippen LogP contribution >= 0.6 is 0 Å². The molecule has 0 spiro atoms. The molecule has 0 unspecified atom stereocenters. The molecule has 19 heavy (non-hydrogen) atoms. The van der Waals surface area contributed by atoms with Crippen LogP contribution < -0.4 is 10.1 Å². The molecule has 0 aromatic heterocycles. The molecule has 106 valence electrons. The fourth-order valence-corrected chi connectivity index (χ4v) is 2.34. The third kappa shape index (κ3) is 4.84. The average Bonchev–Trinajstić information content (AvgIpc) is 2.55. The Bertz CT molecular complexity index is 398. The Balaban J connectivity index is 1.79. The third-order valence-electron chi connectivity index (χ3n) is 3.34. The van der Waals surface area contributed by atoms with Crippen LogP contribution in [0.25, 0.3) is 0 Å². The molecule has 1 N–H and O–H groups in total. The summed E-state index contributed by atoms with van der Waals surface area (Å²) in [4.78, 5) is 2.48. The lowest BCUT2D eigenvalue weighted by Crippen LogP contribution is -2.38. The molecular formula is C16H26N2O. The van der Waals surface area contributed by atoms with Gasteiger partial charge < -0.3 is 10.1 Å². The number of rotatable bonds is 4. The van der Waals surface area contributed by atoms with Crippen molar-refractivity contribution in [1.29, 1.82) is 0 Å². The lowest BCUT2D eigenvalue weighted by molar-refractivity contribution is 0.221. The van der Waals surface area contributed by atoms with E-state index >= 15 is 0 Å². The van der Waals surface area contributed by atoms with Crippen molar-refractivity contribution in [1.82, 2.24) is 10.2 Å². The first-order valence-electron chi connectivity index (χ1n) is 7.23. The molecule has 0 aliphatic carbocycles. The maximum Gasteiger partial charge on any atom is 0.123 e. The number of hydrogen-bond acceptors (Lipinski definition) is 3. The topological polar surface area (TPSA) is 24.5 Å². The zero-order valence-corrected chi connectivity index (χ0v) is 12.4. The van der Waals surface area contributed by atoms with E-state index in [4.69, 9.17) is 4.74 Å². The minimum absolute atomic E-state index is 0.217. The van der Waals surface area contributed by atoms with Gasteiger partial charge in [0.05, 0.1) is 0 Å². The molecule has 1 aromatic carbocycles. The number of nitrogens with one attached hydrogen (secondary N) is 1. The summed E-state index contributed by atoms with van der Waals surface area (Å²) < 4.78 is 5.78. The van der Waals surface area contributed by atoms with Crippen LogP contribution in [-0.2, 0) is 6.54 Å². The SMILES string of the molecule is CC(C)(C)NCCCN1CCOc2ccccc2C1. The minimum Gasteiger partial charge on any atom is -0.492 e. The summed E-state index contributed by atoms with van der Waals surface area (Å²) in [6.07, 6.45) is 1.18. The van der Waals surface area contributed by atoms with E-state index in [1.54, 1.807) is 0 Å². The number of nitrogens with zero attached hydrogens (tertiary/aromatic N) is 1. The first kappa shape index (κ1) is 14.4. The fourth-order valence-electron chi connectivity index (χ4n) is 2.34. The molecule has 0 saturated carbocycles. The van der Waals surface area contributed by atoms with E-state index in [0.717, 1.165) is 38.5 Å². The molecule has 1 aliphatic rings. The zero-order chi connectivity index (χ0) is 13.7. The van der Waals surface area contributed by atoms with Crippen LogP contribution in [-0.4, -0.2) is 36.7 Å². The van der Waals surface area contributed by atoms with Gasteiger partial charge in [0.2, 0.25) is 0 Å². The second-order valence-corrected chi connectivity index (χ2v) is 6.26. The molecular weight excluding hydrogens is 236 g/mol. The highest BCUT2D eigenvalue weighted by atomic mass is 16.5. The van der Waals surface area contributed by atoms with Gasteiger partial charge in [-0.1, -0.05) is 18.2 Å². The minimum atomic E-state index is 0.217. The summed E-state index contributed by atoms with van der Waals surface area (Å²) in [5.74, 6) is 1.05. The van der Waals surface area contributed by atoms with Gasteiger partial charge in [-0.3, -0.25) is 4.90 Å². The summed E-state index contributed by atoms with van der Waals surface area (Å²) >= 11 is 0. The lowest BCUT2D eigenvalue weighted by Gasteiger charge is -2.23. The second kappa shape index (κ2) is 6.40. The number of ether oxygens (including phenoxy) is 1. The van der Waals surface area contributed by atoms with Crippen LogP contribution in [0.5, 0.6) is 5.75 Å². The van der Waals surface area contributed by atoms with Gasteiger partial charge in [0.1, 0.15) is 12.4 Å². The van der Waals surface area contributed by atoms with Gasteiger partial charge >= 0.3 is 0 Å². The summed E-state index contributed by atoms with van der Waals surface area (Å²) in [5.41, 5.74) is 1.53. The smallest absolute Gasteiger partial charge is 0.123 e. The Morgan fingerprint density at radius 3 is 2.84 bits per heavy atom. The molecule has 2 rings (SSSR count). The normalized spacial score (nSPS) is 16.6. The highest BCUT2D eigenvalue weighted by Gasteiger charge is 2.14. The van der Waals surface area contributed by atoms with Crippen molar-refractivity contribution in [2.75, 3.05) is 26.2 Å². The van der Waals surface area contributed by atoms with Crippen molar-refractivity contribution in [3.63, 3.8) is 0 Å². The van der Waals surface area contributed by atoms with Gasteiger partial charge in [-0.25, -0.2) is 0 Å². The number of fused-ring (bicyclic) bond motifs is 1. The largest absolute Gasteiger partial charge is 0.492 e. The molecule has 3 nitrogen and oxygen atoms in total. The number of benzene rings is 1. The van der Waals surface area contributed by atoms with E-state index in [2.05, 4.69) is 49.2 Å². The maximum absolute atomic E-state index is 5.78. The molecule has 0 radical (unpaired) electrons. The molecule has 0 bridgehead atoms.